The molecule has 5 nitrogen and oxygen atoms in total. The molecule has 1 heterocycles. The maximum absolute atomic E-state index is 12.3. The van der Waals surface area contributed by atoms with Gasteiger partial charge in [0.15, 0.2) is 0 Å². The first kappa shape index (κ1) is 15.1. The molecular weight excluding hydrogens is 268 g/mol. The van der Waals surface area contributed by atoms with Gasteiger partial charge in [-0.05, 0) is 30.7 Å². The fraction of sp³-hybridized carbons (Fsp3) is 0.375. The van der Waals surface area contributed by atoms with E-state index in [2.05, 4.69) is 0 Å². The number of nitriles is 1. The van der Waals surface area contributed by atoms with E-state index in [0.29, 0.717) is 32.9 Å². The third-order valence-corrected chi connectivity index (χ3v) is 3.13. The van der Waals surface area contributed by atoms with Crippen molar-refractivity contribution in [3.05, 3.63) is 35.4 Å². The Bertz CT molecular complexity index is 569. The summed E-state index contributed by atoms with van der Waals surface area (Å²) in [7, 11) is 0. The highest BCUT2D eigenvalue weighted by Crippen LogP contribution is 2.17. The summed E-state index contributed by atoms with van der Waals surface area (Å²) in [4.78, 5) is 13.9. The molecule has 0 aromatic heterocycles. The molecule has 0 spiro atoms. The van der Waals surface area contributed by atoms with E-state index < -0.39 is 0 Å². The molecule has 1 aromatic rings. The highest BCUT2D eigenvalue weighted by molar-refractivity contribution is 6.01. The van der Waals surface area contributed by atoms with Crippen LogP contribution in [0.5, 0.6) is 5.75 Å². The summed E-state index contributed by atoms with van der Waals surface area (Å²) in [6, 6.07) is 9.32. The molecule has 0 aliphatic carbocycles. The lowest BCUT2D eigenvalue weighted by Crippen LogP contribution is -2.41. The zero-order chi connectivity index (χ0) is 15.1. The Morgan fingerprint density at radius 2 is 2.24 bits per heavy atom. The van der Waals surface area contributed by atoms with Crippen LogP contribution in [-0.2, 0) is 9.53 Å². The summed E-state index contributed by atoms with van der Waals surface area (Å²) in [6.07, 6.45) is 1.60. The second kappa shape index (κ2) is 7.46. The minimum atomic E-state index is -0.248. The third kappa shape index (κ3) is 4.07. The van der Waals surface area contributed by atoms with E-state index in [0.717, 1.165) is 11.3 Å². The molecule has 1 aliphatic heterocycles. The van der Waals surface area contributed by atoms with Gasteiger partial charge >= 0.3 is 0 Å². The van der Waals surface area contributed by atoms with Crippen LogP contribution in [0.15, 0.2) is 29.8 Å². The Hall–Kier alpha value is -2.32. The number of morpholine rings is 1. The highest BCUT2D eigenvalue weighted by Gasteiger charge is 2.20. The number of amides is 1. The van der Waals surface area contributed by atoms with Crippen LogP contribution in [0.2, 0.25) is 0 Å². The Morgan fingerprint density at radius 1 is 1.48 bits per heavy atom. The van der Waals surface area contributed by atoms with E-state index in [4.69, 9.17) is 9.47 Å². The van der Waals surface area contributed by atoms with Gasteiger partial charge in [0.1, 0.15) is 17.4 Å². The summed E-state index contributed by atoms with van der Waals surface area (Å²) in [6.45, 7) is 4.57. The highest BCUT2D eigenvalue weighted by atomic mass is 16.5. The van der Waals surface area contributed by atoms with Crippen LogP contribution in [0.3, 0.4) is 0 Å². The fourth-order valence-electron chi connectivity index (χ4n) is 2.11. The summed E-state index contributed by atoms with van der Waals surface area (Å²) in [5.41, 5.74) is 0.907. The number of carbonyl (C=O) groups is 1. The number of hydrogen-bond donors (Lipinski definition) is 0. The maximum Gasteiger partial charge on any atom is 0.264 e. The molecule has 1 aliphatic rings. The first-order valence-corrected chi connectivity index (χ1v) is 6.96. The van der Waals surface area contributed by atoms with E-state index in [9.17, 15) is 10.1 Å². The quantitative estimate of drug-likeness (QED) is 0.626. The largest absolute Gasteiger partial charge is 0.494 e. The standard InChI is InChI=1S/C16H18N2O3/c1-2-21-15-5-3-4-13(11-15)10-14(12-17)16(19)18-6-8-20-9-7-18/h3-5,10-11H,2,6-9H2,1H3/b14-10+. The molecule has 0 saturated carbocycles. The molecule has 21 heavy (non-hydrogen) atoms. The van der Waals surface area contributed by atoms with Gasteiger partial charge in [-0.15, -0.1) is 0 Å². The lowest BCUT2D eigenvalue weighted by Gasteiger charge is -2.26. The zero-order valence-electron chi connectivity index (χ0n) is 12.0. The van der Waals surface area contributed by atoms with Crippen LogP contribution in [0.25, 0.3) is 6.08 Å². The minimum absolute atomic E-state index is 0.130. The van der Waals surface area contributed by atoms with Crippen molar-refractivity contribution >= 4 is 12.0 Å². The summed E-state index contributed by atoms with van der Waals surface area (Å²) < 4.78 is 10.6. The van der Waals surface area contributed by atoms with Crippen molar-refractivity contribution in [2.45, 2.75) is 6.92 Å². The number of carbonyl (C=O) groups excluding carboxylic acids is 1. The Morgan fingerprint density at radius 3 is 2.90 bits per heavy atom. The summed E-state index contributed by atoms with van der Waals surface area (Å²) >= 11 is 0. The van der Waals surface area contributed by atoms with E-state index >= 15 is 0 Å². The molecule has 5 heteroatoms. The first-order chi connectivity index (χ1) is 10.2. The van der Waals surface area contributed by atoms with Crippen LogP contribution in [0.4, 0.5) is 0 Å². The van der Waals surface area contributed by atoms with Gasteiger partial charge in [0.25, 0.3) is 5.91 Å². The zero-order valence-corrected chi connectivity index (χ0v) is 12.0. The van der Waals surface area contributed by atoms with Gasteiger partial charge in [-0.2, -0.15) is 5.26 Å². The topological polar surface area (TPSA) is 62.6 Å². The third-order valence-electron chi connectivity index (χ3n) is 3.13. The molecule has 1 saturated heterocycles. The Kier molecular flexibility index (Phi) is 5.35. The number of ether oxygens (including phenoxy) is 2. The average molecular weight is 286 g/mol. The molecular formula is C16H18N2O3. The molecule has 0 atom stereocenters. The number of rotatable bonds is 4. The van der Waals surface area contributed by atoms with E-state index in [1.165, 1.54) is 0 Å². The molecule has 110 valence electrons. The predicted octanol–water partition coefficient (Wildman–Crippen LogP) is 1.85. The van der Waals surface area contributed by atoms with Crippen molar-refractivity contribution in [3.8, 4) is 11.8 Å². The lowest BCUT2D eigenvalue weighted by molar-refractivity contribution is -0.130. The molecule has 0 radical (unpaired) electrons. The van der Waals surface area contributed by atoms with Gasteiger partial charge in [0.2, 0.25) is 0 Å². The van der Waals surface area contributed by atoms with Crippen molar-refractivity contribution in [1.82, 2.24) is 4.90 Å². The Labute approximate surface area is 124 Å². The van der Waals surface area contributed by atoms with Crippen molar-refractivity contribution in [1.29, 1.82) is 5.26 Å². The first-order valence-electron chi connectivity index (χ1n) is 6.96. The smallest absolute Gasteiger partial charge is 0.264 e. The van der Waals surface area contributed by atoms with Gasteiger partial charge in [-0.25, -0.2) is 0 Å². The maximum atomic E-state index is 12.3. The number of nitrogens with zero attached hydrogens (tertiary/aromatic N) is 2. The second-order valence-electron chi connectivity index (χ2n) is 4.58. The molecule has 1 aromatic carbocycles. The molecule has 1 amide bonds. The average Bonchev–Trinajstić information content (AvgIpc) is 2.53. The van der Waals surface area contributed by atoms with Gasteiger partial charge in [0, 0.05) is 13.1 Å². The van der Waals surface area contributed by atoms with E-state index in [1.54, 1.807) is 11.0 Å². The molecule has 0 bridgehead atoms. The van der Waals surface area contributed by atoms with Gasteiger partial charge in [-0.1, -0.05) is 12.1 Å². The molecule has 1 fully saturated rings. The lowest BCUT2D eigenvalue weighted by atomic mass is 10.1. The number of hydrogen-bond acceptors (Lipinski definition) is 4. The van der Waals surface area contributed by atoms with Crippen LogP contribution in [0.1, 0.15) is 12.5 Å². The minimum Gasteiger partial charge on any atom is -0.494 e. The van der Waals surface area contributed by atoms with Gasteiger partial charge in [0.05, 0.1) is 19.8 Å². The summed E-state index contributed by atoms with van der Waals surface area (Å²) in [5, 5.41) is 9.23. The number of benzene rings is 1. The normalized spacial score (nSPS) is 15.4. The van der Waals surface area contributed by atoms with Crippen LogP contribution >= 0.6 is 0 Å². The second-order valence-corrected chi connectivity index (χ2v) is 4.58. The fourth-order valence-corrected chi connectivity index (χ4v) is 2.11. The van der Waals surface area contributed by atoms with Gasteiger partial charge < -0.3 is 14.4 Å². The van der Waals surface area contributed by atoms with Crippen molar-refractivity contribution in [3.63, 3.8) is 0 Å². The van der Waals surface area contributed by atoms with Crippen LogP contribution in [-0.4, -0.2) is 43.7 Å². The SMILES string of the molecule is CCOc1cccc(/C=C(\C#N)C(=O)N2CCOCC2)c1. The van der Waals surface area contributed by atoms with Crippen molar-refractivity contribution in [2.24, 2.45) is 0 Å². The Balaban J connectivity index is 2.17. The molecule has 0 unspecified atom stereocenters. The van der Waals surface area contributed by atoms with Crippen LogP contribution < -0.4 is 4.74 Å². The van der Waals surface area contributed by atoms with Crippen LogP contribution in [0, 0.1) is 11.3 Å². The van der Waals surface area contributed by atoms with Crippen molar-refractivity contribution < 1.29 is 14.3 Å². The predicted molar refractivity (Wildman–Crippen MR) is 78.6 cm³/mol. The van der Waals surface area contributed by atoms with E-state index in [1.807, 2.05) is 37.3 Å². The van der Waals surface area contributed by atoms with E-state index in [-0.39, 0.29) is 11.5 Å². The molecule has 2 rings (SSSR count). The monoisotopic (exact) mass is 286 g/mol. The molecule has 0 N–H and O–H groups in total. The summed E-state index contributed by atoms with van der Waals surface area (Å²) in [5.74, 6) is 0.477. The van der Waals surface area contributed by atoms with Gasteiger partial charge in [-0.3, -0.25) is 4.79 Å². The van der Waals surface area contributed by atoms with Crippen molar-refractivity contribution in [2.75, 3.05) is 32.9 Å².